The zero-order valence-electron chi connectivity index (χ0n) is 14.1. The predicted octanol–water partition coefficient (Wildman–Crippen LogP) is 3.57. The van der Waals surface area contributed by atoms with E-state index in [2.05, 4.69) is 0 Å². The smallest absolute Gasteiger partial charge is 0.330 e. The summed E-state index contributed by atoms with van der Waals surface area (Å²) in [6.07, 6.45) is -0.0330. The van der Waals surface area contributed by atoms with Crippen LogP contribution in [0.1, 0.15) is 5.56 Å². The largest absolute Gasteiger partial charge is 0.456 e. The zero-order valence-corrected chi connectivity index (χ0v) is 14.9. The van der Waals surface area contributed by atoms with Gasteiger partial charge in [0.15, 0.2) is 0 Å². The highest BCUT2D eigenvalue weighted by Crippen LogP contribution is 2.30. The SMILES string of the molecule is O=C(Cc1ccccc1)ONS(=O)(=O)c1ccc2oc3ccccc3c2c1. The number of furan rings is 1. The third-order valence-corrected chi connectivity index (χ3v) is 5.29. The molecule has 0 saturated heterocycles. The van der Waals surface area contributed by atoms with Crippen LogP contribution in [-0.2, 0) is 26.1 Å². The number of sulfonamides is 1. The number of carbonyl (C=O) groups excluding carboxylic acids is 1. The Hall–Kier alpha value is -3.16. The molecule has 1 aromatic heterocycles. The second kappa shape index (κ2) is 6.86. The number of nitrogens with one attached hydrogen (secondary N) is 1. The first kappa shape index (κ1) is 17.3. The molecule has 1 heterocycles. The lowest BCUT2D eigenvalue weighted by Crippen LogP contribution is -2.28. The third kappa shape index (κ3) is 3.55. The maximum absolute atomic E-state index is 12.5. The number of rotatable bonds is 5. The topological polar surface area (TPSA) is 85.6 Å². The highest BCUT2D eigenvalue weighted by atomic mass is 32.2. The molecule has 4 aromatic rings. The lowest BCUT2D eigenvalue weighted by atomic mass is 10.1. The van der Waals surface area contributed by atoms with Crippen LogP contribution >= 0.6 is 0 Å². The molecule has 0 spiro atoms. The van der Waals surface area contributed by atoms with Crippen LogP contribution in [0.4, 0.5) is 0 Å². The lowest BCUT2D eigenvalue weighted by Gasteiger charge is -2.07. The van der Waals surface area contributed by atoms with Crippen molar-refractivity contribution in [2.24, 2.45) is 0 Å². The van der Waals surface area contributed by atoms with Gasteiger partial charge in [0, 0.05) is 10.8 Å². The predicted molar refractivity (Wildman–Crippen MR) is 100 cm³/mol. The summed E-state index contributed by atoms with van der Waals surface area (Å²) < 4.78 is 30.6. The Bertz CT molecular complexity index is 1230. The van der Waals surface area contributed by atoms with Crippen molar-refractivity contribution in [1.82, 2.24) is 4.89 Å². The van der Waals surface area contributed by atoms with Gasteiger partial charge in [0.2, 0.25) is 0 Å². The molecule has 0 aliphatic carbocycles. The van der Waals surface area contributed by atoms with Crippen molar-refractivity contribution in [3.05, 3.63) is 78.4 Å². The minimum absolute atomic E-state index is 0.0194. The minimum Gasteiger partial charge on any atom is -0.456 e. The van der Waals surface area contributed by atoms with E-state index in [0.29, 0.717) is 16.6 Å². The molecule has 0 atom stereocenters. The quantitative estimate of drug-likeness (QED) is 0.534. The van der Waals surface area contributed by atoms with Crippen molar-refractivity contribution < 1.29 is 22.5 Å². The van der Waals surface area contributed by atoms with Gasteiger partial charge in [0.1, 0.15) is 11.2 Å². The normalized spacial score (nSPS) is 11.7. The van der Waals surface area contributed by atoms with Crippen LogP contribution in [0.5, 0.6) is 0 Å². The number of hydrogen-bond donors (Lipinski definition) is 1. The first-order valence-electron chi connectivity index (χ1n) is 8.20. The Morgan fingerprint density at radius 2 is 1.59 bits per heavy atom. The summed E-state index contributed by atoms with van der Waals surface area (Å²) in [5, 5.41) is 1.48. The standard InChI is InChI=1S/C20H15NO5S/c22-20(12-14-6-2-1-3-7-14)26-21-27(23,24)15-10-11-19-17(13-15)16-8-4-5-9-18(16)25-19/h1-11,13,21H,12H2. The molecule has 4 rings (SSSR count). The van der Waals surface area contributed by atoms with Crippen LogP contribution in [0.3, 0.4) is 0 Å². The number of carbonyl (C=O) groups is 1. The van der Waals surface area contributed by atoms with Gasteiger partial charge in [-0.15, -0.1) is 0 Å². The van der Waals surface area contributed by atoms with Crippen molar-refractivity contribution in [1.29, 1.82) is 0 Å². The van der Waals surface area contributed by atoms with Crippen LogP contribution in [0.25, 0.3) is 21.9 Å². The summed E-state index contributed by atoms with van der Waals surface area (Å²) in [7, 11) is -4.02. The van der Waals surface area contributed by atoms with Crippen LogP contribution in [0.2, 0.25) is 0 Å². The molecule has 7 heteroatoms. The monoisotopic (exact) mass is 381 g/mol. The molecule has 0 saturated carbocycles. The average Bonchev–Trinajstić information content (AvgIpc) is 3.05. The number of hydrogen-bond acceptors (Lipinski definition) is 5. The maximum Gasteiger partial charge on any atom is 0.330 e. The van der Waals surface area contributed by atoms with Crippen molar-refractivity contribution >= 4 is 37.9 Å². The van der Waals surface area contributed by atoms with Crippen LogP contribution in [0, 0.1) is 0 Å². The summed E-state index contributed by atoms with van der Waals surface area (Å²) in [6.45, 7) is 0. The van der Waals surface area contributed by atoms with Gasteiger partial charge in [-0.05, 0) is 34.7 Å². The summed E-state index contributed by atoms with van der Waals surface area (Å²) >= 11 is 0. The Balaban J connectivity index is 1.54. The van der Waals surface area contributed by atoms with Crippen LogP contribution in [-0.4, -0.2) is 14.4 Å². The van der Waals surface area contributed by atoms with E-state index in [1.807, 2.05) is 35.2 Å². The maximum atomic E-state index is 12.5. The fourth-order valence-electron chi connectivity index (χ4n) is 2.82. The second-order valence-electron chi connectivity index (χ2n) is 5.98. The highest BCUT2D eigenvalue weighted by Gasteiger charge is 2.19. The van der Waals surface area contributed by atoms with E-state index in [-0.39, 0.29) is 11.3 Å². The Kier molecular flexibility index (Phi) is 4.39. The summed E-state index contributed by atoms with van der Waals surface area (Å²) in [6, 6.07) is 20.8. The molecule has 27 heavy (non-hydrogen) atoms. The molecule has 136 valence electrons. The zero-order chi connectivity index (χ0) is 18.9. The lowest BCUT2D eigenvalue weighted by molar-refractivity contribution is -0.146. The van der Waals surface area contributed by atoms with Crippen molar-refractivity contribution in [3.8, 4) is 0 Å². The molecule has 0 aliphatic rings. The molecule has 1 N–H and O–H groups in total. The Morgan fingerprint density at radius 3 is 2.41 bits per heavy atom. The summed E-state index contributed by atoms with van der Waals surface area (Å²) in [5.74, 6) is -0.695. The van der Waals surface area contributed by atoms with E-state index in [1.165, 1.54) is 12.1 Å². The van der Waals surface area contributed by atoms with E-state index in [1.54, 1.807) is 30.3 Å². The van der Waals surface area contributed by atoms with Gasteiger partial charge < -0.3 is 9.25 Å². The molecule has 3 aromatic carbocycles. The van der Waals surface area contributed by atoms with Crippen molar-refractivity contribution in [2.45, 2.75) is 11.3 Å². The van der Waals surface area contributed by atoms with Gasteiger partial charge in [0.05, 0.1) is 11.3 Å². The van der Waals surface area contributed by atoms with Gasteiger partial charge in [-0.2, -0.15) is 0 Å². The number of benzene rings is 3. The number of fused-ring (bicyclic) bond motifs is 3. The van der Waals surface area contributed by atoms with E-state index in [9.17, 15) is 13.2 Å². The Morgan fingerprint density at radius 1 is 0.889 bits per heavy atom. The molecule has 0 unspecified atom stereocenters. The fraction of sp³-hybridized carbons (Fsp3) is 0.0500. The molecular formula is C20H15NO5S. The molecule has 0 fully saturated rings. The van der Waals surface area contributed by atoms with Crippen molar-refractivity contribution in [2.75, 3.05) is 0 Å². The van der Waals surface area contributed by atoms with E-state index in [4.69, 9.17) is 9.25 Å². The fourth-order valence-corrected chi connectivity index (χ4v) is 3.64. The average molecular weight is 381 g/mol. The molecule has 0 radical (unpaired) electrons. The summed E-state index contributed by atoms with van der Waals surface area (Å²) in [4.78, 5) is 18.5. The first-order chi connectivity index (χ1) is 13.0. The van der Waals surface area contributed by atoms with Gasteiger partial charge in [-0.3, -0.25) is 0 Å². The molecule has 0 amide bonds. The second-order valence-corrected chi connectivity index (χ2v) is 7.62. The summed E-state index contributed by atoms with van der Waals surface area (Å²) in [5.41, 5.74) is 1.98. The van der Waals surface area contributed by atoms with Crippen LogP contribution < -0.4 is 4.89 Å². The molecule has 6 nitrogen and oxygen atoms in total. The molecule has 0 aliphatic heterocycles. The van der Waals surface area contributed by atoms with E-state index >= 15 is 0 Å². The van der Waals surface area contributed by atoms with Gasteiger partial charge in [-0.1, -0.05) is 48.5 Å². The van der Waals surface area contributed by atoms with Gasteiger partial charge in [-0.25, -0.2) is 13.2 Å². The van der Waals surface area contributed by atoms with Crippen molar-refractivity contribution in [3.63, 3.8) is 0 Å². The number of para-hydroxylation sites is 1. The third-order valence-electron chi connectivity index (χ3n) is 4.11. The van der Waals surface area contributed by atoms with Gasteiger partial charge in [0.25, 0.3) is 10.0 Å². The van der Waals surface area contributed by atoms with E-state index in [0.717, 1.165) is 10.9 Å². The molecule has 0 bridgehead atoms. The Labute approximate surface area is 155 Å². The van der Waals surface area contributed by atoms with Crippen LogP contribution in [0.15, 0.2) is 82.1 Å². The first-order valence-corrected chi connectivity index (χ1v) is 9.68. The van der Waals surface area contributed by atoms with Gasteiger partial charge >= 0.3 is 5.97 Å². The van der Waals surface area contributed by atoms with E-state index < -0.39 is 16.0 Å². The highest BCUT2D eigenvalue weighted by molar-refractivity contribution is 7.89. The molecular weight excluding hydrogens is 366 g/mol. The minimum atomic E-state index is -4.02.